The molecule has 0 saturated heterocycles. The minimum atomic E-state index is -0.419. The molecule has 2 aliphatic carbocycles. The number of benzene rings is 6. The summed E-state index contributed by atoms with van der Waals surface area (Å²) in [5, 5.41) is 0. The van der Waals surface area contributed by atoms with Gasteiger partial charge in [0, 0.05) is 22.9 Å². The van der Waals surface area contributed by atoms with Gasteiger partial charge in [0.25, 0.3) is 0 Å². The van der Waals surface area contributed by atoms with E-state index in [2.05, 4.69) is 181 Å². The molecule has 2 heteroatoms. The fourth-order valence-electron chi connectivity index (χ4n) is 8.15. The summed E-state index contributed by atoms with van der Waals surface area (Å²) >= 11 is 0. The minimum Gasteiger partial charge on any atom is -0.461 e. The van der Waals surface area contributed by atoms with Gasteiger partial charge in [-0.15, -0.1) is 0 Å². The molecule has 1 aliphatic heterocycles. The third-order valence-corrected chi connectivity index (χ3v) is 9.82. The topological polar surface area (TPSA) is 12.5 Å². The molecule has 0 bridgehead atoms. The van der Waals surface area contributed by atoms with Crippen LogP contribution in [0.25, 0.3) is 11.1 Å². The van der Waals surface area contributed by atoms with Gasteiger partial charge >= 0.3 is 0 Å². The Morgan fingerprint density at radius 2 is 1.09 bits per heavy atom. The summed E-state index contributed by atoms with van der Waals surface area (Å²) in [6.07, 6.45) is 6.82. The smallest absolute Gasteiger partial charge is 0.133 e. The summed E-state index contributed by atoms with van der Waals surface area (Å²) in [6.45, 7) is 0. The first kappa shape index (κ1) is 25.9. The summed E-state index contributed by atoms with van der Waals surface area (Å²) in [7, 11) is 0. The highest BCUT2D eigenvalue weighted by atomic mass is 16.5. The second-order valence-corrected chi connectivity index (χ2v) is 12.0. The summed E-state index contributed by atoms with van der Waals surface area (Å²) in [4.78, 5) is 2.38. The SMILES string of the molecule is C1=CC(C2(c3ccccc3)c3ccccc3-c3ccccc32)C2C(=C1)Oc1cccc(N(c3ccccc3)c3ccccc3)c12. The number of rotatable bonds is 5. The first-order valence-corrected chi connectivity index (χ1v) is 15.7. The zero-order valence-corrected chi connectivity index (χ0v) is 24.8. The summed E-state index contributed by atoms with van der Waals surface area (Å²) in [5.41, 5.74) is 10.8. The minimum absolute atomic E-state index is 0.00413. The Labute approximate surface area is 264 Å². The van der Waals surface area contributed by atoms with Crippen LogP contribution in [0.3, 0.4) is 0 Å². The van der Waals surface area contributed by atoms with Crippen LogP contribution < -0.4 is 9.64 Å². The van der Waals surface area contributed by atoms with Crippen LogP contribution in [0.15, 0.2) is 182 Å². The normalized spacial score (nSPS) is 18.2. The molecule has 0 aromatic heterocycles. The van der Waals surface area contributed by atoms with E-state index in [-0.39, 0.29) is 11.8 Å². The monoisotopic (exact) mass is 577 g/mol. The molecule has 0 radical (unpaired) electrons. The highest BCUT2D eigenvalue weighted by molar-refractivity contribution is 5.86. The van der Waals surface area contributed by atoms with Gasteiger partial charge < -0.3 is 9.64 Å². The number of hydrogen-bond acceptors (Lipinski definition) is 2. The van der Waals surface area contributed by atoms with Gasteiger partial charge in [-0.25, -0.2) is 0 Å². The molecule has 2 nitrogen and oxygen atoms in total. The average Bonchev–Trinajstić information content (AvgIpc) is 3.65. The quantitative estimate of drug-likeness (QED) is 0.202. The summed E-state index contributed by atoms with van der Waals surface area (Å²) < 4.78 is 6.80. The molecule has 0 saturated carbocycles. The first-order valence-electron chi connectivity index (χ1n) is 15.7. The van der Waals surface area contributed by atoms with E-state index in [1.54, 1.807) is 0 Å². The van der Waals surface area contributed by atoms with Crippen LogP contribution in [0, 0.1) is 5.92 Å². The second-order valence-electron chi connectivity index (χ2n) is 12.0. The molecule has 0 N–H and O–H groups in total. The summed E-state index contributed by atoms with van der Waals surface area (Å²) in [6, 6.07) is 57.0. The number of allylic oxidation sites excluding steroid dienone is 4. The number of para-hydroxylation sites is 2. The Bertz CT molecular complexity index is 2010. The zero-order chi connectivity index (χ0) is 29.8. The molecule has 0 amide bonds. The van der Waals surface area contributed by atoms with Crippen LogP contribution in [0.4, 0.5) is 17.1 Å². The van der Waals surface area contributed by atoms with Gasteiger partial charge in [0.15, 0.2) is 0 Å². The van der Waals surface area contributed by atoms with Crippen LogP contribution in [0.5, 0.6) is 5.75 Å². The molecule has 1 heterocycles. The maximum absolute atomic E-state index is 6.80. The van der Waals surface area contributed by atoms with E-state index in [9.17, 15) is 0 Å². The van der Waals surface area contributed by atoms with Gasteiger partial charge in [-0.2, -0.15) is 0 Å². The molecular formula is C43H31NO. The van der Waals surface area contributed by atoms with Crippen LogP contribution in [0.2, 0.25) is 0 Å². The van der Waals surface area contributed by atoms with Gasteiger partial charge in [0.05, 0.1) is 17.0 Å². The van der Waals surface area contributed by atoms with Crippen molar-refractivity contribution in [1.29, 1.82) is 0 Å². The van der Waals surface area contributed by atoms with E-state index in [1.165, 1.54) is 33.4 Å². The van der Waals surface area contributed by atoms with Gasteiger partial charge in [0.1, 0.15) is 11.5 Å². The predicted octanol–water partition coefficient (Wildman–Crippen LogP) is 10.7. The molecule has 45 heavy (non-hydrogen) atoms. The van der Waals surface area contributed by atoms with Crippen molar-refractivity contribution in [2.75, 3.05) is 4.90 Å². The lowest BCUT2D eigenvalue weighted by atomic mass is 9.58. The third kappa shape index (κ3) is 3.76. The average molecular weight is 578 g/mol. The molecule has 0 spiro atoms. The maximum atomic E-state index is 6.80. The van der Waals surface area contributed by atoms with Crippen molar-refractivity contribution in [3.05, 3.63) is 204 Å². The van der Waals surface area contributed by atoms with Crippen LogP contribution >= 0.6 is 0 Å². The van der Waals surface area contributed by atoms with Gasteiger partial charge in [0.2, 0.25) is 0 Å². The molecule has 3 aliphatic rings. The van der Waals surface area contributed by atoms with Crippen molar-refractivity contribution >= 4 is 17.1 Å². The predicted molar refractivity (Wildman–Crippen MR) is 183 cm³/mol. The third-order valence-electron chi connectivity index (χ3n) is 9.82. The van der Waals surface area contributed by atoms with Crippen molar-refractivity contribution in [2.45, 2.75) is 11.3 Å². The second kappa shape index (κ2) is 10.2. The molecule has 2 atom stereocenters. The fraction of sp³-hybridized carbons (Fsp3) is 0.0698. The number of hydrogen-bond donors (Lipinski definition) is 0. The number of nitrogens with zero attached hydrogens (tertiary/aromatic N) is 1. The maximum Gasteiger partial charge on any atom is 0.133 e. The number of anilines is 3. The lowest BCUT2D eigenvalue weighted by Gasteiger charge is -2.43. The van der Waals surface area contributed by atoms with Crippen molar-refractivity contribution in [2.24, 2.45) is 5.92 Å². The molecule has 6 aromatic carbocycles. The molecule has 0 fully saturated rings. The van der Waals surface area contributed by atoms with E-state index in [0.717, 1.165) is 28.6 Å². The van der Waals surface area contributed by atoms with Crippen molar-refractivity contribution < 1.29 is 4.74 Å². The van der Waals surface area contributed by atoms with E-state index >= 15 is 0 Å². The van der Waals surface area contributed by atoms with E-state index in [1.807, 2.05) is 0 Å². The van der Waals surface area contributed by atoms with E-state index < -0.39 is 5.41 Å². The van der Waals surface area contributed by atoms with E-state index in [4.69, 9.17) is 4.74 Å². The largest absolute Gasteiger partial charge is 0.461 e. The Morgan fingerprint density at radius 1 is 0.533 bits per heavy atom. The number of fused-ring (bicyclic) bond motifs is 6. The molecule has 214 valence electrons. The lowest BCUT2D eigenvalue weighted by Crippen LogP contribution is -2.39. The Kier molecular flexibility index (Phi) is 5.89. The highest BCUT2D eigenvalue weighted by Gasteiger charge is 2.55. The molecule has 2 unspecified atom stereocenters. The first-order chi connectivity index (χ1) is 22.4. The Morgan fingerprint density at radius 3 is 1.71 bits per heavy atom. The van der Waals surface area contributed by atoms with Crippen LogP contribution in [-0.2, 0) is 5.41 Å². The summed E-state index contributed by atoms with van der Waals surface area (Å²) in [5.74, 6) is 1.98. The zero-order valence-electron chi connectivity index (χ0n) is 24.8. The molecule has 9 rings (SSSR count). The molecular weight excluding hydrogens is 546 g/mol. The molecule has 6 aromatic rings. The van der Waals surface area contributed by atoms with Crippen LogP contribution in [0.1, 0.15) is 28.2 Å². The van der Waals surface area contributed by atoms with Crippen LogP contribution in [-0.4, -0.2) is 0 Å². The van der Waals surface area contributed by atoms with Crippen molar-refractivity contribution in [3.63, 3.8) is 0 Å². The van der Waals surface area contributed by atoms with E-state index in [0.29, 0.717) is 0 Å². The Hall–Kier alpha value is -5.60. The van der Waals surface area contributed by atoms with Gasteiger partial charge in [-0.3, -0.25) is 0 Å². The number of ether oxygens (including phenoxy) is 1. The fourth-order valence-corrected chi connectivity index (χ4v) is 8.15. The van der Waals surface area contributed by atoms with Gasteiger partial charge in [-0.1, -0.05) is 133 Å². The Balaban J connectivity index is 1.33. The highest BCUT2D eigenvalue weighted by Crippen LogP contribution is 2.64. The van der Waals surface area contributed by atoms with Gasteiger partial charge in [-0.05, 0) is 70.3 Å². The van der Waals surface area contributed by atoms with Crippen molar-refractivity contribution in [3.8, 4) is 16.9 Å². The lowest BCUT2D eigenvalue weighted by molar-refractivity contribution is 0.349. The van der Waals surface area contributed by atoms with Crippen molar-refractivity contribution in [1.82, 2.24) is 0 Å². The standard InChI is InChI=1S/C43H31NO/c1-4-16-30(17-5-1)43(35-24-12-10-22-33(35)34-23-11-13-25-36(34)43)37-26-14-28-39-41(37)42-38(27-15-29-40(42)45-39)44(31-18-6-2-7-19-31)32-20-8-3-9-21-32/h1-29,37,41H.